The third kappa shape index (κ3) is 4.14. The number of ether oxygens (including phenoxy) is 2. The number of amides is 1. The number of hydrogen-bond donors (Lipinski definition) is 1. The van der Waals surface area contributed by atoms with Gasteiger partial charge in [-0.1, -0.05) is 6.07 Å². The molecule has 2 aromatic rings. The van der Waals surface area contributed by atoms with Gasteiger partial charge in [-0.15, -0.1) is 11.3 Å². The molecule has 1 aliphatic heterocycles. The average molecular weight is 367 g/mol. The Hall–Kier alpha value is -1.90. The number of thiophene rings is 1. The van der Waals surface area contributed by atoms with Gasteiger partial charge < -0.3 is 9.47 Å². The summed E-state index contributed by atoms with van der Waals surface area (Å²) >= 11 is 1.05. The van der Waals surface area contributed by atoms with Crippen LogP contribution in [0.15, 0.2) is 46.0 Å². The first-order chi connectivity index (χ1) is 11.5. The summed E-state index contributed by atoms with van der Waals surface area (Å²) in [5.74, 6) is -0.0581. The molecule has 24 heavy (non-hydrogen) atoms. The summed E-state index contributed by atoms with van der Waals surface area (Å²) in [6, 6.07) is 9.41. The van der Waals surface area contributed by atoms with Crippen molar-refractivity contribution in [2.75, 3.05) is 13.2 Å². The molecular weight excluding hydrogens is 350 g/mol. The zero-order valence-corrected chi connectivity index (χ0v) is 14.4. The molecule has 1 aromatic heterocycles. The Balaban J connectivity index is 1.59. The molecule has 1 aliphatic rings. The number of carbonyl (C=O) groups excluding carboxylic acids is 1. The highest BCUT2D eigenvalue weighted by atomic mass is 32.2. The Morgan fingerprint density at radius 3 is 2.71 bits per heavy atom. The molecule has 1 amide bonds. The highest BCUT2D eigenvalue weighted by molar-refractivity contribution is 7.92. The zero-order valence-electron chi connectivity index (χ0n) is 12.8. The summed E-state index contributed by atoms with van der Waals surface area (Å²) < 4.78 is 37.3. The van der Waals surface area contributed by atoms with Crippen molar-refractivity contribution in [1.29, 1.82) is 0 Å². The molecule has 6 nitrogen and oxygen atoms in total. The van der Waals surface area contributed by atoms with Gasteiger partial charge in [-0.3, -0.25) is 4.79 Å². The number of hydrogen-bond acceptors (Lipinski definition) is 6. The molecule has 1 aromatic carbocycles. The lowest BCUT2D eigenvalue weighted by atomic mass is 10.2. The maximum atomic E-state index is 12.1. The summed E-state index contributed by atoms with van der Waals surface area (Å²) in [6.45, 7) is 1.24. The van der Waals surface area contributed by atoms with Crippen LogP contribution < -0.4 is 9.46 Å². The molecule has 0 bridgehead atoms. The molecule has 0 radical (unpaired) electrons. The molecule has 3 rings (SSSR count). The van der Waals surface area contributed by atoms with Gasteiger partial charge in [0.25, 0.3) is 15.9 Å². The van der Waals surface area contributed by atoms with Gasteiger partial charge in [-0.2, -0.15) is 0 Å². The third-order valence-electron chi connectivity index (χ3n) is 3.56. The van der Waals surface area contributed by atoms with Crippen LogP contribution >= 0.6 is 11.3 Å². The maximum absolute atomic E-state index is 12.1. The molecule has 2 heterocycles. The normalized spacial score (nSPS) is 17.6. The van der Waals surface area contributed by atoms with E-state index in [2.05, 4.69) is 4.72 Å². The van der Waals surface area contributed by atoms with Crippen LogP contribution in [0.4, 0.5) is 0 Å². The second-order valence-electron chi connectivity index (χ2n) is 5.34. The second kappa shape index (κ2) is 7.33. The Labute approximate surface area is 144 Å². The lowest BCUT2D eigenvalue weighted by molar-refractivity contribution is 0.0679. The average Bonchev–Trinajstić information content (AvgIpc) is 3.26. The van der Waals surface area contributed by atoms with Crippen molar-refractivity contribution < 1.29 is 22.7 Å². The summed E-state index contributed by atoms with van der Waals surface area (Å²) in [5.41, 5.74) is 0.250. The fourth-order valence-electron chi connectivity index (χ4n) is 2.32. The van der Waals surface area contributed by atoms with Crippen LogP contribution in [0.2, 0.25) is 0 Å². The second-order valence-corrected chi connectivity index (χ2v) is 8.19. The van der Waals surface area contributed by atoms with Gasteiger partial charge in [-0.05, 0) is 48.6 Å². The largest absolute Gasteiger partial charge is 0.491 e. The standard InChI is InChI=1S/C16H17NO5S2/c18-16(17-24(19,20)15-4-2-10-23-15)12-5-7-13(8-6-12)22-11-14-3-1-9-21-14/h2,4-8,10,14H,1,3,9,11H2,(H,17,18). The molecular formula is C16H17NO5S2. The van der Waals surface area contributed by atoms with Crippen LogP contribution in [0.3, 0.4) is 0 Å². The summed E-state index contributed by atoms with van der Waals surface area (Å²) in [4.78, 5) is 12.1. The molecule has 0 spiro atoms. The van der Waals surface area contributed by atoms with Gasteiger partial charge in [-0.25, -0.2) is 13.1 Å². The molecule has 1 N–H and O–H groups in total. The van der Waals surface area contributed by atoms with E-state index in [0.717, 1.165) is 30.8 Å². The minimum Gasteiger partial charge on any atom is -0.491 e. The lowest BCUT2D eigenvalue weighted by Gasteiger charge is -2.11. The van der Waals surface area contributed by atoms with Gasteiger partial charge in [0.1, 0.15) is 16.6 Å². The Bertz CT molecular complexity index is 778. The summed E-state index contributed by atoms with van der Waals surface area (Å²) in [7, 11) is -3.82. The van der Waals surface area contributed by atoms with Crippen molar-refractivity contribution >= 4 is 27.3 Å². The van der Waals surface area contributed by atoms with Gasteiger partial charge in [0.2, 0.25) is 0 Å². The fraction of sp³-hybridized carbons (Fsp3) is 0.312. The number of rotatable bonds is 6. The van der Waals surface area contributed by atoms with E-state index in [1.54, 1.807) is 23.6 Å². The van der Waals surface area contributed by atoms with E-state index in [9.17, 15) is 13.2 Å². The van der Waals surface area contributed by atoms with Crippen molar-refractivity contribution in [1.82, 2.24) is 4.72 Å². The Morgan fingerprint density at radius 1 is 1.29 bits per heavy atom. The minimum absolute atomic E-state index is 0.104. The van der Waals surface area contributed by atoms with Gasteiger partial charge in [0, 0.05) is 12.2 Å². The first-order valence-electron chi connectivity index (χ1n) is 7.50. The molecule has 1 fully saturated rings. The monoisotopic (exact) mass is 367 g/mol. The van der Waals surface area contributed by atoms with Crippen LogP contribution in [0.5, 0.6) is 5.75 Å². The minimum atomic E-state index is -3.82. The van der Waals surface area contributed by atoms with Crippen molar-refractivity contribution in [3.8, 4) is 5.75 Å². The molecule has 0 aliphatic carbocycles. The van der Waals surface area contributed by atoms with Gasteiger partial charge >= 0.3 is 0 Å². The van der Waals surface area contributed by atoms with Crippen molar-refractivity contribution in [3.05, 3.63) is 47.3 Å². The predicted molar refractivity (Wildman–Crippen MR) is 89.9 cm³/mol. The first kappa shape index (κ1) is 16.9. The van der Waals surface area contributed by atoms with Crippen LogP contribution in [0.1, 0.15) is 23.2 Å². The number of sulfonamides is 1. The van der Waals surface area contributed by atoms with Crippen LogP contribution in [0.25, 0.3) is 0 Å². The van der Waals surface area contributed by atoms with E-state index < -0.39 is 15.9 Å². The van der Waals surface area contributed by atoms with Crippen LogP contribution in [0, 0.1) is 0 Å². The molecule has 1 unspecified atom stereocenters. The Morgan fingerprint density at radius 2 is 2.08 bits per heavy atom. The van der Waals surface area contributed by atoms with Crippen molar-refractivity contribution in [2.24, 2.45) is 0 Å². The van der Waals surface area contributed by atoms with E-state index in [4.69, 9.17) is 9.47 Å². The highest BCUT2D eigenvalue weighted by Gasteiger charge is 2.20. The first-order valence-corrected chi connectivity index (χ1v) is 9.86. The van der Waals surface area contributed by atoms with E-state index in [1.165, 1.54) is 18.2 Å². The van der Waals surface area contributed by atoms with E-state index in [-0.39, 0.29) is 15.9 Å². The predicted octanol–water partition coefficient (Wildman–Crippen LogP) is 2.42. The smallest absolute Gasteiger partial charge is 0.273 e. The highest BCUT2D eigenvalue weighted by Crippen LogP contribution is 2.18. The van der Waals surface area contributed by atoms with Crippen LogP contribution in [-0.4, -0.2) is 33.6 Å². The van der Waals surface area contributed by atoms with Crippen molar-refractivity contribution in [3.63, 3.8) is 0 Å². The van der Waals surface area contributed by atoms with E-state index in [1.807, 2.05) is 0 Å². The zero-order chi connectivity index (χ0) is 17.0. The summed E-state index contributed by atoms with van der Waals surface area (Å²) in [5, 5.41) is 1.64. The van der Waals surface area contributed by atoms with E-state index >= 15 is 0 Å². The topological polar surface area (TPSA) is 81.7 Å². The van der Waals surface area contributed by atoms with E-state index in [0.29, 0.717) is 12.4 Å². The van der Waals surface area contributed by atoms with Crippen molar-refractivity contribution in [2.45, 2.75) is 23.2 Å². The Kier molecular flexibility index (Phi) is 5.17. The van der Waals surface area contributed by atoms with Gasteiger partial charge in [0.15, 0.2) is 0 Å². The lowest BCUT2D eigenvalue weighted by Crippen LogP contribution is -2.29. The number of nitrogens with one attached hydrogen (secondary N) is 1. The fourth-order valence-corrected chi connectivity index (χ4v) is 4.28. The maximum Gasteiger partial charge on any atom is 0.273 e. The quantitative estimate of drug-likeness (QED) is 0.848. The summed E-state index contributed by atoms with van der Waals surface area (Å²) in [6.07, 6.45) is 2.15. The molecule has 128 valence electrons. The third-order valence-corrected chi connectivity index (χ3v) is 6.29. The SMILES string of the molecule is O=C(NS(=O)(=O)c1cccs1)c1ccc(OCC2CCCO2)cc1. The van der Waals surface area contributed by atoms with Gasteiger partial charge in [0.05, 0.1) is 6.10 Å². The van der Waals surface area contributed by atoms with Crippen LogP contribution in [-0.2, 0) is 14.8 Å². The number of carbonyl (C=O) groups is 1. The molecule has 1 atom stereocenters. The molecule has 8 heteroatoms. The number of benzene rings is 1. The molecule has 1 saturated heterocycles. The molecule has 0 saturated carbocycles.